The summed E-state index contributed by atoms with van der Waals surface area (Å²) in [5, 5.41) is 14.2. The zero-order valence-corrected chi connectivity index (χ0v) is 7.94. The fourth-order valence-electron chi connectivity index (χ4n) is 1.59. The summed E-state index contributed by atoms with van der Waals surface area (Å²) in [5.41, 5.74) is 1.62. The molecule has 0 heterocycles. The number of benzene rings is 2. The second-order valence-electron chi connectivity index (χ2n) is 3.21. The minimum Gasteiger partial charge on any atom is -0.411 e. The van der Waals surface area contributed by atoms with Gasteiger partial charge in [-0.3, -0.25) is 0 Å². The van der Waals surface area contributed by atoms with Crippen LogP contribution in [0, 0.1) is 0 Å². The van der Waals surface area contributed by atoms with Crippen molar-refractivity contribution in [2.24, 2.45) is 5.16 Å². The molecular weight excluding hydrogens is 174 g/mol. The Hall–Kier alpha value is -1.83. The molecule has 70 valence electrons. The number of fused-ring (bicyclic) bond motifs is 1. The molecule has 1 N–H and O–H groups in total. The number of oxime groups is 1. The Labute approximate surface area is 82.5 Å². The van der Waals surface area contributed by atoms with Gasteiger partial charge in [0.1, 0.15) is 0 Å². The average Bonchev–Trinajstić information content (AvgIpc) is 2.27. The molecule has 0 saturated carbocycles. The van der Waals surface area contributed by atoms with E-state index in [0.29, 0.717) is 5.71 Å². The molecule has 0 unspecified atom stereocenters. The first-order valence-corrected chi connectivity index (χ1v) is 4.49. The number of nitrogens with zero attached hydrogens (tertiary/aromatic N) is 1. The van der Waals surface area contributed by atoms with Crippen molar-refractivity contribution >= 4 is 16.5 Å². The SMILES string of the molecule is C/C(=N/O)c1cccc2ccccc12. The third-order valence-electron chi connectivity index (χ3n) is 2.33. The molecule has 0 aliphatic carbocycles. The third kappa shape index (κ3) is 1.35. The molecule has 0 amide bonds. The van der Waals surface area contributed by atoms with E-state index < -0.39 is 0 Å². The van der Waals surface area contributed by atoms with Crippen LogP contribution in [0.3, 0.4) is 0 Å². The van der Waals surface area contributed by atoms with Crippen molar-refractivity contribution in [2.45, 2.75) is 6.92 Å². The molecular formula is C12H11NO. The molecule has 0 aliphatic rings. The molecule has 0 atom stereocenters. The summed E-state index contributed by atoms with van der Waals surface area (Å²) < 4.78 is 0. The number of rotatable bonds is 1. The average molecular weight is 185 g/mol. The second-order valence-corrected chi connectivity index (χ2v) is 3.21. The van der Waals surface area contributed by atoms with Crippen molar-refractivity contribution < 1.29 is 5.21 Å². The molecule has 2 nitrogen and oxygen atoms in total. The fourth-order valence-corrected chi connectivity index (χ4v) is 1.59. The molecule has 2 aromatic rings. The minimum absolute atomic E-state index is 0.641. The summed E-state index contributed by atoms with van der Waals surface area (Å²) in [6, 6.07) is 14.0. The van der Waals surface area contributed by atoms with Crippen LogP contribution in [0.5, 0.6) is 0 Å². The highest BCUT2D eigenvalue weighted by atomic mass is 16.4. The summed E-state index contributed by atoms with van der Waals surface area (Å²) in [6.45, 7) is 1.79. The van der Waals surface area contributed by atoms with Gasteiger partial charge in [-0.25, -0.2) is 0 Å². The molecule has 0 aromatic heterocycles. The van der Waals surface area contributed by atoms with Crippen LogP contribution in [0.4, 0.5) is 0 Å². The van der Waals surface area contributed by atoms with Crippen LogP contribution in [0.1, 0.15) is 12.5 Å². The molecule has 14 heavy (non-hydrogen) atoms. The van der Waals surface area contributed by atoms with Crippen LogP contribution in [0.2, 0.25) is 0 Å². The van der Waals surface area contributed by atoms with Gasteiger partial charge < -0.3 is 5.21 Å². The summed E-state index contributed by atoms with van der Waals surface area (Å²) in [7, 11) is 0. The van der Waals surface area contributed by atoms with E-state index in [2.05, 4.69) is 5.16 Å². The molecule has 0 spiro atoms. The van der Waals surface area contributed by atoms with Crippen molar-refractivity contribution in [1.82, 2.24) is 0 Å². The number of hydrogen-bond donors (Lipinski definition) is 1. The smallest absolute Gasteiger partial charge is 0.0843 e. The normalized spacial score (nSPS) is 11.9. The van der Waals surface area contributed by atoms with Crippen LogP contribution in [0.25, 0.3) is 10.8 Å². The standard InChI is InChI=1S/C12H11NO/c1-9(13-14)11-8-4-6-10-5-2-3-7-12(10)11/h2-8,14H,1H3/b13-9-. The lowest BCUT2D eigenvalue weighted by atomic mass is 10.0. The third-order valence-corrected chi connectivity index (χ3v) is 2.33. The first kappa shape index (κ1) is 8.75. The molecule has 0 bridgehead atoms. The van der Waals surface area contributed by atoms with Crippen molar-refractivity contribution in [1.29, 1.82) is 0 Å². The molecule has 2 heteroatoms. The number of hydrogen-bond acceptors (Lipinski definition) is 2. The second kappa shape index (κ2) is 3.50. The summed E-state index contributed by atoms with van der Waals surface area (Å²) in [4.78, 5) is 0. The highest BCUT2D eigenvalue weighted by Gasteiger charge is 2.02. The van der Waals surface area contributed by atoms with E-state index >= 15 is 0 Å². The van der Waals surface area contributed by atoms with Gasteiger partial charge in [-0.1, -0.05) is 47.6 Å². The molecule has 0 saturated heterocycles. The van der Waals surface area contributed by atoms with Crippen LogP contribution in [0.15, 0.2) is 47.6 Å². The minimum atomic E-state index is 0.641. The lowest BCUT2D eigenvalue weighted by molar-refractivity contribution is 0.319. The zero-order chi connectivity index (χ0) is 9.97. The van der Waals surface area contributed by atoms with E-state index in [1.54, 1.807) is 6.92 Å². The molecule has 2 rings (SSSR count). The monoisotopic (exact) mass is 185 g/mol. The van der Waals surface area contributed by atoms with Gasteiger partial charge in [0.15, 0.2) is 0 Å². The maximum atomic E-state index is 8.74. The van der Waals surface area contributed by atoms with E-state index in [9.17, 15) is 0 Å². The van der Waals surface area contributed by atoms with Gasteiger partial charge >= 0.3 is 0 Å². The van der Waals surface area contributed by atoms with E-state index in [0.717, 1.165) is 16.3 Å². The predicted molar refractivity (Wildman–Crippen MR) is 57.9 cm³/mol. The van der Waals surface area contributed by atoms with E-state index in [-0.39, 0.29) is 0 Å². The van der Waals surface area contributed by atoms with Crippen molar-refractivity contribution in [3.05, 3.63) is 48.0 Å². The Morgan fingerprint density at radius 3 is 2.57 bits per heavy atom. The lowest BCUT2D eigenvalue weighted by Gasteiger charge is -2.03. The van der Waals surface area contributed by atoms with E-state index in [4.69, 9.17) is 5.21 Å². The molecule has 0 aliphatic heterocycles. The first-order chi connectivity index (χ1) is 6.83. The van der Waals surface area contributed by atoms with Gasteiger partial charge in [0.25, 0.3) is 0 Å². The largest absolute Gasteiger partial charge is 0.411 e. The maximum absolute atomic E-state index is 8.74. The predicted octanol–water partition coefficient (Wildman–Crippen LogP) is 3.04. The highest BCUT2D eigenvalue weighted by Crippen LogP contribution is 2.18. The Bertz CT molecular complexity index is 483. The summed E-state index contributed by atoms with van der Waals surface area (Å²) in [5.74, 6) is 0. The quantitative estimate of drug-likeness (QED) is 0.413. The van der Waals surface area contributed by atoms with Crippen molar-refractivity contribution in [3.63, 3.8) is 0 Å². The van der Waals surface area contributed by atoms with Gasteiger partial charge in [-0.15, -0.1) is 0 Å². The topological polar surface area (TPSA) is 32.6 Å². The van der Waals surface area contributed by atoms with Gasteiger partial charge in [-0.2, -0.15) is 0 Å². The highest BCUT2D eigenvalue weighted by molar-refractivity contribution is 6.09. The Balaban J connectivity index is 2.77. The Morgan fingerprint density at radius 1 is 1.07 bits per heavy atom. The van der Waals surface area contributed by atoms with Gasteiger partial charge in [0, 0.05) is 5.56 Å². The maximum Gasteiger partial charge on any atom is 0.0843 e. The summed E-state index contributed by atoms with van der Waals surface area (Å²) in [6.07, 6.45) is 0. The van der Waals surface area contributed by atoms with Gasteiger partial charge in [0.2, 0.25) is 0 Å². The van der Waals surface area contributed by atoms with Crippen molar-refractivity contribution in [3.8, 4) is 0 Å². The van der Waals surface area contributed by atoms with Crippen LogP contribution < -0.4 is 0 Å². The van der Waals surface area contributed by atoms with Crippen LogP contribution in [-0.2, 0) is 0 Å². The molecule has 0 radical (unpaired) electrons. The van der Waals surface area contributed by atoms with Crippen LogP contribution >= 0.6 is 0 Å². The lowest BCUT2D eigenvalue weighted by Crippen LogP contribution is -1.95. The van der Waals surface area contributed by atoms with Gasteiger partial charge in [0.05, 0.1) is 5.71 Å². The van der Waals surface area contributed by atoms with Crippen molar-refractivity contribution in [2.75, 3.05) is 0 Å². The Morgan fingerprint density at radius 2 is 1.79 bits per heavy atom. The fraction of sp³-hybridized carbons (Fsp3) is 0.0833. The van der Waals surface area contributed by atoms with E-state index in [1.165, 1.54) is 0 Å². The molecule has 0 fully saturated rings. The Kier molecular flexibility index (Phi) is 2.19. The zero-order valence-electron chi connectivity index (χ0n) is 7.94. The summed E-state index contributed by atoms with van der Waals surface area (Å²) >= 11 is 0. The van der Waals surface area contributed by atoms with Crippen LogP contribution in [-0.4, -0.2) is 10.9 Å². The molecule has 2 aromatic carbocycles. The van der Waals surface area contributed by atoms with E-state index in [1.807, 2.05) is 42.5 Å². The van der Waals surface area contributed by atoms with Gasteiger partial charge in [-0.05, 0) is 17.7 Å². The first-order valence-electron chi connectivity index (χ1n) is 4.49.